The van der Waals surface area contributed by atoms with Crippen LogP contribution in [-0.4, -0.2) is 16.7 Å². The number of aromatic amines is 1. The van der Waals surface area contributed by atoms with Gasteiger partial charge in [0.2, 0.25) is 0 Å². The van der Waals surface area contributed by atoms with E-state index in [4.69, 9.17) is 5.73 Å². The number of nitrogens with zero attached hydrogens (tertiary/aromatic N) is 1. The summed E-state index contributed by atoms with van der Waals surface area (Å²) >= 11 is 0. The molecule has 1 aromatic rings. The number of rotatable bonds is 3. The maximum atomic E-state index is 5.82. The van der Waals surface area contributed by atoms with Crippen LogP contribution in [-0.2, 0) is 0 Å². The zero-order valence-electron chi connectivity index (χ0n) is 10.7. The molecule has 5 rings (SSSR count). The molecule has 0 spiro atoms. The average molecular weight is 246 g/mol. The van der Waals surface area contributed by atoms with Gasteiger partial charge in [0, 0.05) is 6.54 Å². The van der Waals surface area contributed by atoms with Crippen molar-refractivity contribution in [2.24, 2.45) is 29.6 Å². The fourth-order valence-electron chi connectivity index (χ4n) is 5.04. The van der Waals surface area contributed by atoms with Crippen LogP contribution in [0.5, 0.6) is 0 Å². The van der Waals surface area contributed by atoms with Gasteiger partial charge in [-0.15, -0.1) is 0 Å². The summed E-state index contributed by atoms with van der Waals surface area (Å²) in [6.45, 7) is 1.08. The van der Waals surface area contributed by atoms with Gasteiger partial charge in [0.25, 0.3) is 0 Å². The third-order valence-corrected chi connectivity index (χ3v) is 5.62. The highest BCUT2D eigenvalue weighted by atomic mass is 15.2. The highest BCUT2D eigenvalue weighted by Gasteiger charge is 2.47. The highest BCUT2D eigenvalue weighted by Crippen LogP contribution is 2.56. The van der Waals surface area contributed by atoms with E-state index in [1.165, 1.54) is 32.1 Å². The van der Waals surface area contributed by atoms with Gasteiger partial charge in [-0.05, 0) is 61.7 Å². The summed E-state index contributed by atoms with van der Waals surface area (Å²) < 4.78 is 0. The lowest BCUT2D eigenvalue weighted by Crippen LogP contribution is -2.47. The second-order valence-electron chi connectivity index (χ2n) is 6.67. The second-order valence-corrected chi connectivity index (χ2v) is 6.67. The minimum absolute atomic E-state index is 0.666. The first-order valence-electron chi connectivity index (χ1n) is 7.32. The van der Waals surface area contributed by atoms with Crippen molar-refractivity contribution in [3.8, 4) is 0 Å². The summed E-state index contributed by atoms with van der Waals surface area (Å²) in [6, 6.07) is 0. The van der Waals surface area contributed by atoms with E-state index in [9.17, 15) is 0 Å². The Bertz CT molecular complexity index is 411. The maximum Gasteiger partial charge on any atom is 0.142 e. The Morgan fingerprint density at radius 1 is 1.17 bits per heavy atom. The maximum absolute atomic E-state index is 5.82. The van der Waals surface area contributed by atoms with Gasteiger partial charge in [0.05, 0.1) is 11.9 Å². The smallest absolute Gasteiger partial charge is 0.142 e. The summed E-state index contributed by atoms with van der Waals surface area (Å²) in [5, 5.41) is 10.3. The van der Waals surface area contributed by atoms with Crippen molar-refractivity contribution in [3.63, 3.8) is 0 Å². The van der Waals surface area contributed by atoms with Crippen molar-refractivity contribution in [1.29, 1.82) is 0 Å². The van der Waals surface area contributed by atoms with Gasteiger partial charge in [-0.1, -0.05) is 0 Å². The largest absolute Gasteiger partial charge is 0.382 e. The Balaban J connectivity index is 1.45. The first kappa shape index (κ1) is 10.7. The van der Waals surface area contributed by atoms with Crippen molar-refractivity contribution in [2.45, 2.75) is 32.1 Å². The molecule has 0 aromatic carbocycles. The molecule has 0 atom stereocenters. The molecular formula is C14H22N4. The van der Waals surface area contributed by atoms with Gasteiger partial charge in [-0.25, -0.2) is 0 Å². The molecule has 4 heteroatoms. The third-order valence-electron chi connectivity index (χ3n) is 5.62. The van der Waals surface area contributed by atoms with Gasteiger partial charge in [-0.2, -0.15) is 5.10 Å². The van der Waals surface area contributed by atoms with Crippen molar-refractivity contribution < 1.29 is 0 Å². The van der Waals surface area contributed by atoms with E-state index in [1.807, 2.05) is 0 Å². The summed E-state index contributed by atoms with van der Waals surface area (Å²) in [6.07, 6.45) is 9.27. The van der Waals surface area contributed by atoms with E-state index < -0.39 is 0 Å². The van der Waals surface area contributed by atoms with Crippen LogP contribution in [0.3, 0.4) is 0 Å². The molecule has 0 amide bonds. The first-order chi connectivity index (χ1) is 8.79. The number of hydrogen-bond acceptors (Lipinski definition) is 3. The number of anilines is 2. The Hall–Kier alpha value is -1.19. The number of nitrogens with two attached hydrogens (primary N) is 1. The van der Waals surface area contributed by atoms with Crippen LogP contribution in [0.4, 0.5) is 11.5 Å². The average Bonchev–Trinajstić information content (AvgIpc) is 2.73. The SMILES string of the molecule is Nc1[nH]ncc1NCC1C2CC3CC(C2)CC1C3. The quantitative estimate of drug-likeness (QED) is 0.767. The van der Waals surface area contributed by atoms with E-state index in [1.54, 1.807) is 6.20 Å². The highest BCUT2D eigenvalue weighted by molar-refractivity contribution is 5.59. The molecular weight excluding hydrogens is 224 g/mol. The van der Waals surface area contributed by atoms with Crippen molar-refractivity contribution in [1.82, 2.24) is 10.2 Å². The zero-order chi connectivity index (χ0) is 12.1. The first-order valence-corrected chi connectivity index (χ1v) is 7.32. The summed E-state index contributed by atoms with van der Waals surface area (Å²) in [5.41, 5.74) is 6.80. The number of nitrogen functional groups attached to an aromatic ring is 1. The van der Waals surface area contributed by atoms with Gasteiger partial charge in [-0.3, -0.25) is 5.10 Å². The second kappa shape index (κ2) is 3.90. The molecule has 1 aromatic heterocycles. The Morgan fingerprint density at radius 3 is 2.39 bits per heavy atom. The zero-order valence-corrected chi connectivity index (χ0v) is 10.7. The van der Waals surface area contributed by atoms with Crippen molar-refractivity contribution in [2.75, 3.05) is 17.6 Å². The van der Waals surface area contributed by atoms with E-state index in [0.29, 0.717) is 5.82 Å². The molecule has 0 saturated heterocycles. The molecule has 18 heavy (non-hydrogen) atoms. The topological polar surface area (TPSA) is 66.7 Å². The van der Waals surface area contributed by atoms with Crippen molar-refractivity contribution in [3.05, 3.63) is 6.20 Å². The molecule has 0 aliphatic heterocycles. The molecule has 4 bridgehead atoms. The van der Waals surface area contributed by atoms with Crippen LogP contribution < -0.4 is 11.1 Å². The number of H-pyrrole nitrogens is 1. The minimum Gasteiger partial charge on any atom is -0.382 e. The third kappa shape index (κ3) is 1.62. The predicted octanol–water partition coefficient (Wildman–Crippen LogP) is 2.48. The van der Waals surface area contributed by atoms with Crippen LogP contribution in [0.1, 0.15) is 32.1 Å². The van der Waals surface area contributed by atoms with Gasteiger partial charge < -0.3 is 11.1 Å². The predicted molar refractivity (Wildman–Crippen MR) is 72.0 cm³/mol. The standard InChI is InChI=1S/C14H22N4/c15-14-13(7-17-18-14)16-6-12-10-2-8-1-9(4-10)5-11(12)3-8/h7-12,16H,1-6H2,(H3,15,17,18). The molecule has 0 radical (unpaired) electrons. The van der Waals surface area contributed by atoms with E-state index in [2.05, 4.69) is 15.5 Å². The fraction of sp³-hybridized carbons (Fsp3) is 0.786. The molecule has 4 aliphatic rings. The van der Waals surface area contributed by atoms with Crippen LogP contribution >= 0.6 is 0 Å². The molecule has 4 fully saturated rings. The van der Waals surface area contributed by atoms with Gasteiger partial charge in [0.15, 0.2) is 0 Å². The number of aromatic nitrogens is 2. The molecule has 4 N–H and O–H groups in total. The lowest BCUT2D eigenvalue weighted by molar-refractivity contribution is -0.0305. The lowest BCUT2D eigenvalue weighted by atomic mass is 9.52. The van der Waals surface area contributed by atoms with Crippen LogP contribution in [0, 0.1) is 29.6 Å². The van der Waals surface area contributed by atoms with Crippen LogP contribution in [0.2, 0.25) is 0 Å². The minimum atomic E-state index is 0.666. The molecule has 1 heterocycles. The summed E-state index contributed by atoms with van der Waals surface area (Å²) in [4.78, 5) is 0. The molecule has 4 saturated carbocycles. The monoisotopic (exact) mass is 246 g/mol. The Morgan fingerprint density at radius 2 is 1.83 bits per heavy atom. The van der Waals surface area contributed by atoms with Gasteiger partial charge >= 0.3 is 0 Å². The van der Waals surface area contributed by atoms with Crippen molar-refractivity contribution >= 4 is 11.5 Å². The molecule has 4 nitrogen and oxygen atoms in total. The molecule has 98 valence electrons. The molecule has 0 unspecified atom stereocenters. The normalized spacial score (nSPS) is 41.2. The van der Waals surface area contributed by atoms with E-state index >= 15 is 0 Å². The van der Waals surface area contributed by atoms with E-state index in [0.717, 1.165) is 41.8 Å². The number of hydrogen-bond donors (Lipinski definition) is 3. The fourth-order valence-corrected chi connectivity index (χ4v) is 5.04. The Kier molecular flexibility index (Phi) is 2.32. The summed E-state index contributed by atoms with van der Waals surface area (Å²) in [7, 11) is 0. The Labute approximate surface area is 108 Å². The van der Waals surface area contributed by atoms with Crippen LogP contribution in [0.15, 0.2) is 6.20 Å². The molecule has 4 aliphatic carbocycles. The number of nitrogens with one attached hydrogen (secondary N) is 2. The summed E-state index contributed by atoms with van der Waals surface area (Å²) in [5.74, 6) is 5.60. The van der Waals surface area contributed by atoms with Crippen LogP contribution in [0.25, 0.3) is 0 Å². The van der Waals surface area contributed by atoms with Gasteiger partial charge in [0.1, 0.15) is 5.82 Å². The lowest BCUT2D eigenvalue weighted by Gasteiger charge is -2.54. The van der Waals surface area contributed by atoms with E-state index in [-0.39, 0.29) is 0 Å².